The monoisotopic (exact) mass is 206 g/mol. The fourth-order valence-electron chi connectivity index (χ4n) is 1.39. The molecule has 1 saturated heterocycles. The molecule has 0 bridgehead atoms. The van der Waals surface area contributed by atoms with Gasteiger partial charge in [0.2, 0.25) is 0 Å². The molecule has 1 unspecified atom stereocenters. The van der Waals surface area contributed by atoms with Crippen LogP contribution in [0.1, 0.15) is 18.2 Å². The van der Waals surface area contributed by atoms with E-state index in [4.69, 9.17) is 4.52 Å². The molecule has 71 valence electrons. The number of thiazole rings is 1. The van der Waals surface area contributed by atoms with E-state index < -0.39 is 0 Å². The van der Waals surface area contributed by atoms with Gasteiger partial charge in [-0.15, -0.1) is 11.3 Å². The molecular formula is C9H8N3OS. The van der Waals surface area contributed by atoms with Crippen molar-refractivity contribution in [2.75, 3.05) is 6.54 Å². The van der Waals surface area contributed by atoms with E-state index in [1.807, 2.05) is 11.4 Å². The van der Waals surface area contributed by atoms with E-state index in [9.17, 15) is 0 Å². The summed E-state index contributed by atoms with van der Waals surface area (Å²) in [6, 6.07) is 2.17. The zero-order valence-corrected chi connectivity index (χ0v) is 8.20. The Morgan fingerprint density at radius 3 is 3.07 bits per heavy atom. The molecule has 0 spiro atoms. The third kappa shape index (κ3) is 1.25. The lowest BCUT2D eigenvalue weighted by molar-refractivity contribution is 0.276. The smallest absolute Gasteiger partial charge is 0.156 e. The first kappa shape index (κ1) is 8.14. The van der Waals surface area contributed by atoms with E-state index in [0.29, 0.717) is 0 Å². The number of rotatable bonds is 2. The van der Waals surface area contributed by atoms with Gasteiger partial charge in [-0.1, -0.05) is 5.16 Å². The Morgan fingerprint density at radius 2 is 2.43 bits per heavy atom. The Bertz CT molecular complexity index is 419. The molecular weight excluding hydrogens is 198 g/mol. The average molecular weight is 206 g/mol. The highest BCUT2D eigenvalue weighted by Crippen LogP contribution is 2.29. The Labute approximate surface area is 85.0 Å². The molecule has 5 heteroatoms. The maximum Gasteiger partial charge on any atom is 0.156 e. The predicted octanol–water partition coefficient (Wildman–Crippen LogP) is 1.85. The minimum Gasteiger partial charge on any atom is -0.359 e. The minimum absolute atomic E-state index is 0.233. The van der Waals surface area contributed by atoms with E-state index in [0.717, 1.165) is 29.4 Å². The van der Waals surface area contributed by atoms with Crippen molar-refractivity contribution in [1.29, 1.82) is 0 Å². The topological polar surface area (TPSA) is 53.0 Å². The quantitative estimate of drug-likeness (QED) is 0.753. The van der Waals surface area contributed by atoms with Crippen molar-refractivity contribution >= 4 is 11.3 Å². The summed E-state index contributed by atoms with van der Waals surface area (Å²) in [5, 5.41) is 11.1. The van der Waals surface area contributed by atoms with E-state index in [1.54, 1.807) is 17.5 Å². The average Bonchev–Trinajstić information content (AvgIpc) is 2.65. The molecule has 2 aromatic rings. The van der Waals surface area contributed by atoms with Gasteiger partial charge >= 0.3 is 0 Å². The van der Waals surface area contributed by atoms with E-state index in [1.165, 1.54) is 0 Å². The lowest BCUT2D eigenvalue weighted by Gasteiger charge is -2.21. The number of hydrogen-bond donors (Lipinski definition) is 0. The van der Waals surface area contributed by atoms with Crippen molar-refractivity contribution in [2.45, 2.75) is 12.5 Å². The molecule has 1 radical (unpaired) electrons. The van der Waals surface area contributed by atoms with Crippen molar-refractivity contribution in [3.8, 4) is 10.7 Å². The summed E-state index contributed by atoms with van der Waals surface area (Å²) in [5.41, 5.74) is 0.817. The number of nitrogens with zero attached hydrogens (tertiary/aromatic N) is 3. The molecule has 2 aromatic heterocycles. The third-order valence-electron chi connectivity index (χ3n) is 2.26. The van der Waals surface area contributed by atoms with Crippen LogP contribution in [0.2, 0.25) is 0 Å². The van der Waals surface area contributed by atoms with Gasteiger partial charge < -0.3 is 4.52 Å². The van der Waals surface area contributed by atoms with Crippen LogP contribution >= 0.6 is 11.3 Å². The van der Waals surface area contributed by atoms with Crippen LogP contribution in [0.5, 0.6) is 0 Å². The summed E-state index contributed by atoms with van der Waals surface area (Å²) >= 11 is 1.56. The van der Waals surface area contributed by atoms with Gasteiger partial charge in [-0.3, -0.25) is 0 Å². The van der Waals surface area contributed by atoms with Gasteiger partial charge in [-0.25, -0.2) is 10.3 Å². The molecule has 1 atom stereocenters. The van der Waals surface area contributed by atoms with Crippen molar-refractivity contribution in [1.82, 2.24) is 15.5 Å². The van der Waals surface area contributed by atoms with Crippen molar-refractivity contribution in [3.63, 3.8) is 0 Å². The Morgan fingerprint density at radius 1 is 1.50 bits per heavy atom. The predicted molar refractivity (Wildman–Crippen MR) is 52.0 cm³/mol. The lowest BCUT2D eigenvalue weighted by Crippen LogP contribution is -2.27. The normalized spacial score (nSPS) is 20.7. The fourth-order valence-corrected chi connectivity index (χ4v) is 1.98. The molecule has 1 aliphatic rings. The molecule has 1 fully saturated rings. The van der Waals surface area contributed by atoms with Crippen LogP contribution in [0.4, 0.5) is 0 Å². The maximum atomic E-state index is 5.22. The van der Waals surface area contributed by atoms with Crippen molar-refractivity contribution in [2.24, 2.45) is 0 Å². The summed E-state index contributed by atoms with van der Waals surface area (Å²) in [4.78, 5) is 4.17. The molecule has 0 N–H and O–H groups in total. The molecule has 3 heterocycles. The van der Waals surface area contributed by atoms with Crippen LogP contribution in [0.3, 0.4) is 0 Å². The van der Waals surface area contributed by atoms with Gasteiger partial charge in [0.25, 0.3) is 0 Å². The molecule has 0 amide bonds. The first-order chi connectivity index (χ1) is 6.93. The second-order valence-electron chi connectivity index (χ2n) is 3.16. The number of hydrogen-bond acceptors (Lipinski definition) is 4. The Kier molecular flexibility index (Phi) is 1.85. The first-order valence-electron chi connectivity index (χ1n) is 4.46. The van der Waals surface area contributed by atoms with Gasteiger partial charge in [0.05, 0.1) is 6.04 Å². The Hall–Kier alpha value is -1.20. The SMILES string of the molecule is c1csc(-c2cc(C3CC[N]3)on2)n1. The number of aromatic nitrogens is 2. The molecule has 0 saturated carbocycles. The van der Waals surface area contributed by atoms with E-state index in [2.05, 4.69) is 15.5 Å². The van der Waals surface area contributed by atoms with Gasteiger partial charge in [0, 0.05) is 24.2 Å². The largest absolute Gasteiger partial charge is 0.359 e. The summed E-state index contributed by atoms with van der Waals surface area (Å²) in [6.07, 6.45) is 2.84. The van der Waals surface area contributed by atoms with Crippen LogP contribution in [-0.4, -0.2) is 16.7 Å². The highest BCUT2D eigenvalue weighted by atomic mass is 32.1. The summed E-state index contributed by atoms with van der Waals surface area (Å²) < 4.78 is 5.22. The molecule has 0 aliphatic carbocycles. The van der Waals surface area contributed by atoms with Crippen LogP contribution in [-0.2, 0) is 0 Å². The van der Waals surface area contributed by atoms with Crippen LogP contribution in [0.15, 0.2) is 22.2 Å². The standard InChI is InChI=1S/C9H8N3OS/c1-2-10-6(1)8-5-7(12-13-8)9-11-3-4-14-9/h3-6H,1-2H2. The third-order valence-corrected chi connectivity index (χ3v) is 3.06. The molecule has 1 aliphatic heterocycles. The summed E-state index contributed by atoms with van der Waals surface area (Å²) in [5.74, 6) is 0.862. The highest BCUT2D eigenvalue weighted by Gasteiger charge is 2.25. The van der Waals surface area contributed by atoms with Gasteiger partial charge in [0.1, 0.15) is 10.7 Å². The summed E-state index contributed by atoms with van der Waals surface area (Å²) in [6.45, 7) is 0.942. The van der Waals surface area contributed by atoms with Gasteiger partial charge in [-0.2, -0.15) is 0 Å². The zero-order valence-electron chi connectivity index (χ0n) is 7.38. The van der Waals surface area contributed by atoms with Crippen molar-refractivity contribution < 1.29 is 4.52 Å². The molecule has 0 aromatic carbocycles. The molecule has 14 heavy (non-hydrogen) atoms. The van der Waals surface area contributed by atoms with Crippen LogP contribution < -0.4 is 5.32 Å². The van der Waals surface area contributed by atoms with E-state index in [-0.39, 0.29) is 6.04 Å². The molecule has 3 rings (SSSR count). The van der Waals surface area contributed by atoms with Crippen LogP contribution in [0, 0.1) is 0 Å². The lowest BCUT2D eigenvalue weighted by atomic mass is 10.0. The van der Waals surface area contributed by atoms with Crippen molar-refractivity contribution in [3.05, 3.63) is 23.4 Å². The van der Waals surface area contributed by atoms with E-state index >= 15 is 0 Å². The molecule has 4 nitrogen and oxygen atoms in total. The Balaban J connectivity index is 1.90. The minimum atomic E-state index is 0.233. The second-order valence-corrected chi connectivity index (χ2v) is 4.06. The van der Waals surface area contributed by atoms with Crippen LogP contribution in [0.25, 0.3) is 10.7 Å². The fraction of sp³-hybridized carbons (Fsp3) is 0.333. The summed E-state index contributed by atoms with van der Waals surface area (Å²) in [7, 11) is 0. The van der Waals surface area contributed by atoms with Gasteiger partial charge in [-0.05, 0) is 6.42 Å². The maximum absolute atomic E-state index is 5.22. The second kappa shape index (κ2) is 3.18. The highest BCUT2D eigenvalue weighted by molar-refractivity contribution is 7.13. The van der Waals surface area contributed by atoms with Gasteiger partial charge in [0.15, 0.2) is 5.76 Å². The first-order valence-corrected chi connectivity index (χ1v) is 5.34. The zero-order chi connectivity index (χ0) is 9.38.